The number of nitrogens with one attached hydrogen (secondary N) is 1. The fraction of sp³-hybridized carbons (Fsp3) is 0.190. The third-order valence-electron chi connectivity index (χ3n) is 3.91. The number of fused-ring (bicyclic) bond motifs is 1. The highest BCUT2D eigenvalue weighted by atomic mass is 16.5. The van der Waals surface area contributed by atoms with Gasteiger partial charge in [0.1, 0.15) is 0 Å². The Balaban J connectivity index is 1.96. The molecule has 0 spiro atoms. The molecule has 0 saturated carbocycles. The zero-order valence-corrected chi connectivity index (χ0v) is 13.5. The molecule has 3 aromatic rings. The fourth-order valence-corrected chi connectivity index (χ4v) is 2.63. The van der Waals surface area contributed by atoms with Crippen molar-refractivity contribution in [3.8, 4) is 0 Å². The van der Waals surface area contributed by atoms with E-state index in [1.165, 1.54) is 7.11 Å². The average Bonchev–Trinajstić information content (AvgIpc) is 2.68. The third kappa shape index (κ3) is 4.00. The Morgan fingerprint density at radius 1 is 1.04 bits per heavy atom. The molecule has 0 aromatic heterocycles. The van der Waals surface area contributed by atoms with E-state index in [1.54, 1.807) is 0 Å². The lowest BCUT2D eigenvalue weighted by atomic mass is 9.99. The molecule has 0 heterocycles. The number of benzene rings is 3. The van der Waals surface area contributed by atoms with Gasteiger partial charge in [-0.2, -0.15) is 0 Å². The molecule has 3 aromatic carbocycles. The lowest BCUT2D eigenvalue weighted by Crippen LogP contribution is -2.24. The Labute approximate surface area is 145 Å². The van der Waals surface area contributed by atoms with Crippen LogP contribution in [0.4, 0.5) is 0 Å². The van der Waals surface area contributed by atoms with E-state index in [0.29, 0.717) is 12.1 Å². The van der Waals surface area contributed by atoms with E-state index in [1.807, 2.05) is 72.8 Å². The van der Waals surface area contributed by atoms with Crippen LogP contribution in [0.15, 0.2) is 72.8 Å². The zero-order chi connectivity index (χ0) is 18.6. The van der Waals surface area contributed by atoms with Gasteiger partial charge >= 0.3 is 5.97 Å². The Hall–Kier alpha value is -2.65. The van der Waals surface area contributed by atoms with Crippen molar-refractivity contribution in [3.63, 3.8) is 0 Å². The van der Waals surface area contributed by atoms with Crippen molar-refractivity contribution in [2.45, 2.75) is 19.0 Å². The topological polar surface area (TPSA) is 38.3 Å². The smallest absolute Gasteiger partial charge is 0.307 e. The maximum atomic E-state index is 12.1. The molecule has 0 saturated heterocycles. The van der Waals surface area contributed by atoms with E-state index in [0.717, 1.165) is 16.3 Å². The molecule has 0 aliphatic heterocycles. The second-order valence-electron chi connectivity index (χ2n) is 5.54. The van der Waals surface area contributed by atoms with Gasteiger partial charge in [0.15, 0.2) is 0 Å². The summed E-state index contributed by atoms with van der Waals surface area (Å²) in [4.78, 5) is 12.1. The van der Waals surface area contributed by atoms with Gasteiger partial charge in [-0.25, -0.2) is 0 Å². The molecular formula is C21H21NO2. The van der Waals surface area contributed by atoms with Crippen LogP contribution in [0.3, 0.4) is 0 Å². The summed E-state index contributed by atoms with van der Waals surface area (Å²) in [5.41, 5.74) is 1.72. The molecule has 1 unspecified atom stereocenters. The minimum atomic E-state index is -2.20. The Kier molecular flexibility index (Phi) is 4.44. The van der Waals surface area contributed by atoms with E-state index in [2.05, 4.69) is 5.32 Å². The monoisotopic (exact) mass is 321 g/mol. The number of hydrogen-bond acceptors (Lipinski definition) is 3. The number of carbonyl (C=O) groups excluding carboxylic acids is 1. The maximum absolute atomic E-state index is 12.1. The second kappa shape index (κ2) is 7.75. The summed E-state index contributed by atoms with van der Waals surface area (Å²) in [6.07, 6.45) is -2.20. The van der Waals surface area contributed by atoms with Crippen LogP contribution in [0.5, 0.6) is 0 Å². The van der Waals surface area contributed by atoms with Crippen LogP contribution in [0.2, 0.25) is 0 Å². The van der Waals surface area contributed by atoms with Gasteiger partial charge in [0.05, 0.1) is 13.5 Å². The van der Waals surface area contributed by atoms with Gasteiger partial charge < -0.3 is 10.1 Å². The quantitative estimate of drug-likeness (QED) is 0.690. The fourth-order valence-electron chi connectivity index (χ4n) is 2.63. The third-order valence-corrected chi connectivity index (χ3v) is 3.91. The number of esters is 1. The first-order valence-electron chi connectivity index (χ1n) is 8.87. The molecule has 0 bridgehead atoms. The molecule has 1 N–H and O–H groups in total. The Morgan fingerprint density at radius 3 is 2.50 bits per heavy atom. The van der Waals surface area contributed by atoms with Gasteiger partial charge in [-0.15, -0.1) is 0 Å². The molecule has 3 heteroatoms. The summed E-state index contributed by atoms with van der Waals surface area (Å²) in [5, 5.41) is 5.26. The van der Waals surface area contributed by atoms with Crippen molar-refractivity contribution in [3.05, 3.63) is 83.9 Å². The molecular weight excluding hydrogens is 298 g/mol. The Bertz CT molecular complexity index is 897. The first kappa shape index (κ1) is 13.8. The highest BCUT2D eigenvalue weighted by Gasteiger charge is 2.16. The second-order valence-corrected chi connectivity index (χ2v) is 5.54. The molecule has 0 fully saturated rings. The van der Waals surface area contributed by atoms with Crippen molar-refractivity contribution >= 4 is 16.7 Å². The van der Waals surface area contributed by atoms with E-state index in [9.17, 15) is 4.79 Å². The van der Waals surface area contributed by atoms with Crippen molar-refractivity contribution in [2.24, 2.45) is 0 Å². The van der Waals surface area contributed by atoms with E-state index in [-0.39, 0.29) is 0 Å². The summed E-state index contributed by atoms with van der Waals surface area (Å²) in [5.74, 6) is -0.892. The maximum Gasteiger partial charge on any atom is 0.307 e. The van der Waals surface area contributed by atoms with Crippen LogP contribution in [-0.2, 0) is 16.1 Å². The summed E-state index contributed by atoms with van der Waals surface area (Å²) in [7, 11) is 1.20. The lowest BCUT2D eigenvalue weighted by molar-refractivity contribution is -0.141. The van der Waals surface area contributed by atoms with Gasteiger partial charge in [-0.05, 0) is 28.0 Å². The molecule has 24 heavy (non-hydrogen) atoms. The summed E-state index contributed by atoms with van der Waals surface area (Å²) < 4.78 is 21.4. The van der Waals surface area contributed by atoms with Crippen molar-refractivity contribution in [1.82, 2.24) is 5.32 Å². The number of rotatable bonds is 6. The first-order chi connectivity index (χ1) is 12.5. The molecule has 0 amide bonds. The van der Waals surface area contributed by atoms with Crippen LogP contribution in [0.1, 0.15) is 26.3 Å². The molecule has 0 aliphatic rings. The van der Waals surface area contributed by atoms with Crippen molar-refractivity contribution in [1.29, 1.82) is 0 Å². The van der Waals surface area contributed by atoms with E-state index >= 15 is 0 Å². The predicted octanol–water partition coefficient (Wildman–Crippen LogP) is 4.23. The summed E-state index contributed by atoms with van der Waals surface area (Å²) in [6.45, 7) is 0.439. The first-order valence-corrected chi connectivity index (χ1v) is 7.87. The highest BCUT2D eigenvalue weighted by molar-refractivity contribution is 5.83. The highest BCUT2D eigenvalue weighted by Crippen LogP contribution is 2.23. The van der Waals surface area contributed by atoms with E-state index in [4.69, 9.17) is 7.48 Å². The van der Waals surface area contributed by atoms with Gasteiger partial charge in [-0.1, -0.05) is 66.7 Å². The minimum absolute atomic E-state index is 0.439. The van der Waals surface area contributed by atoms with Gasteiger partial charge in [0, 0.05) is 15.3 Å². The van der Waals surface area contributed by atoms with Crippen molar-refractivity contribution in [2.75, 3.05) is 7.11 Å². The normalized spacial score (nSPS) is 13.9. The predicted molar refractivity (Wildman–Crippen MR) is 96.6 cm³/mol. The zero-order valence-electron chi connectivity index (χ0n) is 15.5. The van der Waals surface area contributed by atoms with Gasteiger partial charge in [0.25, 0.3) is 0 Å². The molecule has 3 rings (SSSR count). The molecule has 0 radical (unpaired) electrons. The average molecular weight is 321 g/mol. The summed E-state index contributed by atoms with van der Waals surface area (Å²) >= 11 is 0. The standard InChI is InChI=1S/C21H21NO2/c1-24-21(23)14-20(22-15-16-7-3-2-4-8-16)19-12-11-17-9-5-6-10-18(17)13-19/h2-13,20,22H,14-15H2,1H3/i14D2. The van der Waals surface area contributed by atoms with E-state index < -0.39 is 18.4 Å². The summed E-state index contributed by atoms with van der Waals surface area (Å²) in [6, 6.07) is 22.4. The Morgan fingerprint density at radius 2 is 1.75 bits per heavy atom. The minimum Gasteiger partial charge on any atom is -0.469 e. The molecule has 3 nitrogen and oxygen atoms in total. The number of hydrogen-bond donors (Lipinski definition) is 1. The molecule has 1 atom stereocenters. The van der Waals surface area contributed by atoms with Gasteiger partial charge in [-0.3, -0.25) is 4.79 Å². The van der Waals surface area contributed by atoms with Crippen LogP contribution in [-0.4, -0.2) is 13.1 Å². The van der Waals surface area contributed by atoms with Crippen LogP contribution < -0.4 is 5.32 Å². The van der Waals surface area contributed by atoms with Crippen LogP contribution in [0, 0.1) is 0 Å². The molecule has 0 aliphatic carbocycles. The van der Waals surface area contributed by atoms with Gasteiger partial charge in [0.2, 0.25) is 0 Å². The molecule has 122 valence electrons. The largest absolute Gasteiger partial charge is 0.469 e. The SMILES string of the molecule is [2H]C([2H])(C(=O)OC)C(NCc1ccccc1)c1ccc2ccccc2c1. The number of methoxy groups -OCH3 is 1. The number of carbonyl (C=O) groups is 1. The number of ether oxygens (including phenoxy) is 1. The van der Waals surface area contributed by atoms with Crippen molar-refractivity contribution < 1.29 is 12.3 Å². The lowest BCUT2D eigenvalue weighted by Gasteiger charge is -2.19. The van der Waals surface area contributed by atoms with Crippen LogP contribution >= 0.6 is 0 Å². The van der Waals surface area contributed by atoms with Crippen LogP contribution in [0.25, 0.3) is 10.8 Å².